The molecule has 0 radical (unpaired) electrons. The van der Waals surface area contributed by atoms with Crippen LogP contribution in [0.25, 0.3) is 10.9 Å². The van der Waals surface area contributed by atoms with Gasteiger partial charge in [0.2, 0.25) is 5.91 Å². The summed E-state index contributed by atoms with van der Waals surface area (Å²) >= 11 is 0. The van der Waals surface area contributed by atoms with Crippen LogP contribution in [0.4, 0.5) is 5.82 Å². The summed E-state index contributed by atoms with van der Waals surface area (Å²) in [5.41, 5.74) is 0.546. The molecule has 1 saturated carbocycles. The van der Waals surface area contributed by atoms with E-state index in [1.165, 1.54) is 31.9 Å². The van der Waals surface area contributed by atoms with Crippen LogP contribution in [0.3, 0.4) is 0 Å². The Kier molecular flexibility index (Phi) is 6.22. The van der Waals surface area contributed by atoms with Gasteiger partial charge in [0.15, 0.2) is 15.7 Å². The molecule has 3 heterocycles. The highest BCUT2D eigenvalue weighted by Crippen LogP contribution is 2.39. The van der Waals surface area contributed by atoms with Crippen LogP contribution >= 0.6 is 0 Å². The number of benzene rings is 1. The quantitative estimate of drug-likeness (QED) is 0.516. The van der Waals surface area contributed by atoms with Crippen LogP contribution in [0.5, 0.6) is 5.75 Å². The van der Waals surface area contributed by atoms with Crippen LogP contribution in [0.2, 0.25) is 0 Å². The Balaban J connectivity index is 1.57. The maximum Gasteiger partial charge on any atom is 0.250 e. The van der Waals surface area contributed by atoms with Gasteiger partial charge in [0.25, 0.3) is 0 Å². The first-order chi connectivity index (χ1) is 16.5. The number of ether oxygens (including phenoxy) is 2. The fourth-order valence-electron chi connectivity index (χ4n) is 4.44. The van der Waals surface area contributed by atoms with Crippen molar-refractivity contribution < 1.29 is 22.7 Å². The predicted molar refractivity (Wildman–Crippen MR) is 124 cm³/mol. The Morgan fingerprint density at radius 2 is 2.00 bits per heavy atom. The number of rotatable bonds is 8. The number of aromatic nitrogens is 4. The van der Waals surface area contributed by atoms with E-state index in [1.807, 2.05) is 0 Å². The molecule has 1 aromatic carbocycles. The van der Waals surface area contributed by atoms with Crippen LogP contribution in [0, 0.1) is 5.92 Å². The number of amides is 1. The number of anilines is 1. The molecule has 180 valence electrons. The average Bonchev–Trinajstić information content (AvgIpc) is 3.64. The molecular formula is C23H27N5O5S. The summed E-state index contributed by atoms with van der Waals surface area (Å²) in [6, 6.07) is 2.61. The number of hydrogen-bond acceptors (Lipinski definition) is 8. The fourth-order valence-corrected chi connectivity index (χ4v) is 6.30. The van der Waals surface area contributed by atoms with Crippen molar-refractivity contribution in [3.05, 3.63) is 36.9 Å². The Bertz CT molecular complexity index is 1280. The maximum atomic E-state index is 13.5. The van der Waals surface area contributed by atoms with Crippen molar-refractivity contribution in [2.75, 3.05) is 25.6 Å². The SMILES string of the molecule is COc1cc(S(=O)(=O)C2CC2)c2cnn(C(CC3CCOCC3)C(=O)Nc3cnccn3)c2c1. The number of sulfone groups is 1. The molecule has 2 fully saturated rings. The van der Waals surface area contributed by atoms with Gasteiger partial charge in [-0.3, -0.25) is 14.5 Å². The minimum absolute atomic E-state index is 0.203. The number of methoxy groups -OCH3 is 1. The first-order valence-corrected chi connectivity index (χ1v) is 13.0. The average molecular weight is 486 g/mol. The lowest BCUT2D eigenvalue weighted by Crippen LogP contribution is -2.30. The Morgan fingerprint density at radius 3 is 2.68 bits per heavy atom. The van der Waals surface area contributed by atoms with Gasteiger partial charge in [0.1, 0.15) is 11.8 Å². The van der Waals surface area contributed by atoms with E-state index in [1.54, 1.807) is 16.8 Å². The number of carbonyl (C=O) groups is 1. The third-order valence-electron chi connectivity index (χ3n) is 6.47. The van der Waals surface area contributed by atoms with Crippen molar-refractivity contribution in [2.24, 2.45) is 5.92 Å². The molecule has 34 heavy (non-hydrogen) atoms. The van der Waals surface area contributed by atoms with Crippen LogP contribution in [-0.4, -0.2) is 59.6 Å². The van der Waals surface area contributed by atoms with E-state index in [4.69, 9.17) is 9.47 Å². The molecule has 1 saturated heterocycles. The van der Waals surface area contributed by atoms with Crippen LogP contribution in [-0.2, 0) is 19.4 Å². The fraction of sp³-hybridized carbons (Fsp3) is 0.478. The highest BCUT2D eigenvalue weighted by molar-refractivity contribution is 7.92. The second-order valence-corrected chi connectivity index (χ2v) is 11.0. The van der Waals surface area contributed by atoms with Gasteiger partial charge in [-0.2, -0.15) is 5.10 Å². The van der Waals surface area contributed by atoms with Crippen LogP contribution in [0.15, 0.2) is 41.8 Å². The van der Waals surface area contributed by atoms with Crippen molar-refractivity contribution in [2.45, 2.75) is 48.3 Å². The zero-order valence-electron chi connectivity index (χ0n) is 18.9. The molecule has 1 N–H and O–H groups in total. The van der Waals surface area contributed by atoms with Crippen molar-refractivity contribution in [3.8, 4) is 5.75 Å². The normalized spacial score (nSPS) is 18.0. The smallest absolute Gasteiger partial charge is 0.250 e. The monoisotopic (exact) mass is 485 g/mol. The van der Waals surface area contributed by atoms with Gasteiger partial charge in [-0.05, 0) is 44.1 Å². The Hall–Kier alpha value is -3.05. The third-order valence-corrected chi connectivity index (χ3v) is 8.77. The topological polar surface area (TPSA) is 125 Å². The standard InChI is InChI=1S/C23H27N5O5S/c1-32-16-11-19-18(21(12-16)34(30,31)17-2-3-17)13-26-28(19)20(10-15-4-8-33-9-5-15)23(29)27-22-14-24-6-7-25-22/h6-7,11-15,17,20H,2-5,8-10H2,1H3,(H,25,27,29). The molecule has 2 aliphatic rings. The lowest BCUT2D eigenvalue weighted by Gasteiger charge is -2.26. The number of nitrogens with one attached hydrogen (secondary N) is 1. The zero-order valence-corrected chi connectivity index (χ0v) is 19.7. The minimum atomic E-state index is -3.50. The first kappa shape index (κ1) is 22.7. The van der Waals surface area contributed by atoms with E-state index in [0.717, 1.165) is 12.8 Å². The van der Waals surface area contributed by atoms with E-state index in [0.29, 0.717) is 54.9 Å². The van der Waals surface area contributed by atoms with Gasteiger partial charge in [0, 0.05) is 37.1 Å². The summed E-state index contributed by atoms with van der Waals surface area (Å²) in [6.07, 6.45) is 9.59. The van der Waals surface area contributed by atoms with Gasteiger partial charge in [-0.1, -0.05) is 0 Å². The molecule has 1 atom stereocenters. The van der Waals surface area contributed by atoms with E-state index >= 15 is 0 Å². The Labute approximate surface area is 197 Å². The molecule has 0 bridgehead atoms. The largest absolute Gasteiger partial charge is 0.497 e. The first-order valence-electron chi connectivity index (χ1n) is 11.4. The van der Waals surface area contributed by atoms with E-state index < -0.39 is 15.9 Å². The van der Waals surface area contributed by atoms with Crippen LogP contribution in [0.1, 0.15) is 38.1 Å². The van der Waals surface area contributed by atoms with Gasteiger partial charge in [0.05, 0.1) is 35.2 Å². The molecule has 11 heteroatoms. The van der Waals surface area contributed by atoms with Gasteiger partial charge in [-0.25, -0.2) is 13.4 Å². The van der Waals surface area contributed by atoms with Crippen molar-refractivity contribution in [1.29, 1.82) is 0 Å². The second-order valence-electron chi connectivity index (χ2n) is 8.78. The number of fused-ring (bicyclic) bond motifs is 1. The predicted octanol–water partition coefficient (Wildman–Crippen LogP) is 2.77. The van der Waals surface area contributed by atoms with Gasteiger partial charge < -0.3 is 14.8 Å². The molecular weight excluding hydrogens is 458 g/mol. The van der Waals surface area contributed by atoms with Gasteiger partial charge in [-0.15, -0.1) is 0 Å². The lowest BCUT2D eigenvalue weighted by molar-refractivity contribution is -0.120. The minimum Gasteiger partial charge on any atom is -0.497 e. The molecule has 1 amide bonds. The zero-order chi connectivity index (χ0) is 23.7. The molecule has 2 aromatic heterocycles. The van der Waals surface area contributed by atoms with E-state index in [9.17, 15) is 13.2 Å². The highest BCUT2D eigenvalue weighted by Gasteiger charge is 2.39. The number of nitrogens with zero attached hydrogens (tertiary/aromatic N) is 4. The van der Waals surface area contributed by atoms with Gasteiger partial charge >= 0.3 is 0 Å². The van der Waals surface area contributed by atoms with Crippen molar-refractivity contribution >= 4 is 32.5 Å². The molecule has 1 aliphatic heterocycles. The molecule has 0 spiro atoms. The van der Waals surface area contributed by atoms with E-state index in [-0.39, 0.29) is 22.0 Å². The molecule has 5 rings (SSSR count). The highest BCUT2D eigenvalue weighted by atomic mass is 32.2. The summed E-state index contributed by atoms with van der Waals surface area (Å²) in [5.74, 6) is 0.737. The summed E-state index contributed by atoms with van der Waals surface area (Å²) in [6.45, 7) is 1.31. The summed E-state index contributed by atoms with van der Waals surface area (Å²) < 4.78 is 38.8. The lowest BCUT2D eigenvalue weighted by atomic mass is 9.92. The summed E-state index contributed by atoms with van der Waals surface area (Å²) in [4.78, 5) is 21.8. The van der Waals surface area contributed by atoms with Crippen molar-refractivity contribution in [3.63, 3.8) is 0 Å². The maximum absolute atomic E-state index is 13.5. The summed E-state index contributed by atoms with van der Waals surface area (Å²) in [5, 5.41) is 7.48. The third kappa shape index (κ3) is 4.49. The summed E-state index contributed by atoms with van der Waals surface area (Å²) in [7, 11) is -2.01. The van der Waals surface area contributed by atoms with Crippen molar-refractivity contribution in [1.82, 2.24) is 19.7 Å². The second kappa shape index (κ2) is 9.30. The number of hydrogen-bond donors (Lipinski definition) is 1. The van der Waals surface area contributed by atoms with Crippen LogP contribution < -0.4 is 10.1 Å². The molecule has 1 unspecified atom stereocenters. The molecule has 10 nitrogen and oxygen atoms in total. The molecule has 3 aromatic rings. The molecule has 1 aliphatic carbocycles. The number of carbonyl (C=O) groups excluding carboxylic acids is 1. The van der Waals surface area contributed by atoms with E-state index in [2.05, 4.69) is 20.4 Å². The Morgan fingerprint density at radius 1 is 1.21 bits per heavy atom.